The second-order valence-corrected chi connectivity index (χ2v) is 16.9. The molecule has 0 spiro atoms. The molecule has 1 saturated heterocycles. The lowest BCUT2D eigenvalue weighted by molar-refractivity contribution is -0.297. The molecule has 1 heterocycles. The molecule has 4 N–H and O–H groups in total. The molecular weight excluding hydrogens is 765 g/mol. The highest BCUT2D eigenvalue weighted by molar-refractivity contribution is 7.85. The molecular formula is C45H78O12S. The van der Waals surface area contributed by atoms with Gasteiger partial charge >= 0.3 is 11.9 Å². The molecule has 6 atom stereocenters. The zero-order valence-electron chi connectivity index (χ0n) is 35.6. The van der Waals surface area contributed by atoms with E-state index in [1.54, 1.807) is 0 Å². The minimum atomic E-state index is -4.61. The van der Waals surface area contributed by atoms with Crippen molar-refractivity contribution < 1.29 is 56.8 Å². The number of unbranched alkanes of at least 4 members (excludes halogenated alkanes) is 16. The summed E-state index contributed by atoms with van der Waals surface area (Å²) in [6.45, 7) is 3.67. The van der Waals surface area contributed by atoms with Crippen molar-refractivity contribution in [3.63, 3.8) is 0 Å². The van der Waals surface area contributed by atoms with E-state index in [-0.39, 0.29) is 19.4 Å². The summed E-state index contributed by atoms with van der Waals surface area (Å²) in [6, 6.07) is 0. The molecule has 0 saturated carbocycles. The largest absolute Gasteiger partial charge is 0.462 e. The van der Waals surface area contributed by atoms with E-state index >= 15 is 0 Å². The highest BCUT2D eigenvalue weighted by Gasteiger charge is 2.46. The van der Waals surface area contributed by atoms with Crippen LogP contribution in [0, 0.1) is 0 Å². The van der Waals surface area contributed by atoms with Crippen molar-refractivity contribution >= 4 is 22.1 Å². The maximum Gasteiger partial charge on any atom is 0.306 e. The number of allylic oxidation sites excluding steroid dienone is 8. The van der Waals surface area contributed by atoms with Crippen molar-refractivity contribution in [2.75, 3.05) is 19.0 Å². The van der Waals surface area contributed by atoms with Crippen molar-refractivity contribution in [2.45, 2.75) is 205 Å². The minimum absolute atomic E-state index is 0.117. The van der Waals surface area contributed by atoms with E-state index in [1.165, 1.54) is 57.8 Å². The predicted molar refractivity (Wildman–Crippen MR) is 229 cm³/mol. The van der Waals surface area contributed by atoms with Crippen LogP contribution < -0.4 is 0 Å². The fraction of sp³-hybridized carbons (Fsp3) is 0.778. The van der Waals surface area contributed by atoms with E-state index in [2.05, 4.69) is 62.5 Å². The van der Waals surface area contributed by atoms with Gasteiger partial charge in [-0.15, -0.1) is 0 Å². The number of aliphatic hydroxyl groups is 3. The van der Waals surface area contributed by atoms with Crippen LogP contribution in [0.3, 0.4) is 0 Å². The van der Waals surface area contributed by atoms with Crippen LogP contribution in [-0.4, -0.2) is 96.0 Å². The van der Waals surface area contributed by atoms with E-state index in [4.69, 9.17) is 18.9 Å². The van der Waals surface area contributed by atoms with E-state index in [0.29, 0.717) is 12.8 Å². The van der Waals surface area contributed by atoms with Crippen LogP contribution in [0.5, 0.6) is 0 Å². The molecule has 0 aromatic heterocycles. The Morgan fingerprint density at radius 2 is 1.03 bits per heavy atom. The van der Waals surface area contributed by atoms with Crippen LogP contribution in [-0.2, 0) is 38.7 Å². The highest BCUT2D eigenvalue weighted by Crippen LogP contribution is 2.24. The summed E-state index contributed by atoms with van der Waals surface area (Å²) in [7, 11) is -4.61. The summed E-state index contributed by atoms with van der Waals surface area (Å²) in [5, 5.41) is 30.8. The molecule has 0 bridgehead atoms. The average molecular weight is 843 g/mol. The standard InChI is InChI=1S/C45H78O12S/c1-3-5-7-9-11-13-15-17-19-21-23-25-27-29-31-33-40(46)54-35-38(36-55-45-44(50)43(49)42(48)39(57-45)37-58(51,52)53)56-41(47)34-32-30-28-26-24-22-20-18-16-14-12-10-8-6-4-2/h11,13,17-20,24,26,38-39,42-45,48-50H,3-10,12,14-16,21-23,25,27-37H2,1-2H3,(H,51,52,53)/b13-11+,19-17+,20-18+,26-24+/t38-,39-,42-,43?,44?,45+/m1/s1. The first-order valence-corrected chi connectivity index (χ1v) is 23.8. The first-order chi connectivity index (χ1) is 28.0. The van der Waals surface area contributed by atoms with Crippen LogP contribution >= 0.6 is 0 Å². The Bertz CT molecular complexity index is 1260. The first-order valence-electron chi connectivity index (χ1n) is 22.2. The number of esters is 2. The number of carbonyl (C=O) groups is 2. The van der Waals surface area contributed by atoms with Gasteiger partial charge < -0.3 is 34.3 Å². The Hall–Kier alpha value is -2.39. The topological polar surface area (TPSA) is 186 Å². The Morgan fingerprint density at radius 1 is 0.586 bits per heavy atom. The van der Waals surface area contributed by atoms with Gasteiger partial charge in [0.2, 0.25) is 0 Å². The zero-order chi connectivity index (χ0) is 42.7. The molecule has 2 unspecified atom stereocenters. The van der Waals surface area contributed by atoms with Gasteiger partial charge in [0, 0.05) is 12.8 Å². The number of carbonyl (C=O) groups excluding carboxylic acids is 2. The maximum absolute atomic E-state index is 12.8. The lowest BCUT2D eigenvalue weighted by atomic mass is 10.00. The number of ether oxygens (including phenoxy) is 4. The van der Waals surface area contributed by atoms with Gasteiger partial charge in [-0.1, -0.05) is 127 Å². The van der Waals surface area contributed by atoms with E-state index in [9.17, 15) is 37.9 Å². The van der Waals surface area contributed by atoms with Gasteiger partial charge in [-0.05, 0) is 77.0 Å². The Balaban J connectivity index is 2.50. The smallest absolute Gasteiger partial charge is 0.306 e. The molecule has 12 nitrogen and oxygen atoms in total. The van der Waals surface area contributed by atoms with Crippen LogP contribution in [0.25, 0.3) is 0 Å². The van der Waals surface area contributed by atoms with Crippen LogP contribution in [0.1, 0.15) is 168 Å². The summed E-state index contributed by atoms with van der Waals surface area (Å²) >= 11 is 0. The second kappa shape index (κ2) is 35.4. The Morgan fingerprint density at radius 3 is 1.59 bits per heavy atom. The summed E-state index contributed by atoms with van der Waals surface area (Å²) < 4.78 is 54.0. The van der Waals surface area contributed by atoms with E-state index in [0.717, 1.165) is 70.6 Å². The Labute approximate surface area is 350 Å². The summed E-state index contributed by atoms with van der Waals surface area (Å²) in [5.74, 6) is -2.05. The van der Waals surface area contributed by atoms with Gasteiger partial charge in [0.15, 0.2) is 12.4 Å². The third-order valence-corrected chi connectivity index (χ3v) is 10.6. The lowest BCUT2D eigenvalue weighted by Crippen LogP contribution is -2.60. The van der Waals surface area contributed by atoms with Gasteiger partial charge in [0.25, 0.3) is 10.1 Å². The summed E-state index contributed by atoms with van der Waals surface area (Å²) in [5.41, 5.74) is 0. The molecule has 0 radical (unpaired) electrons. The molecule has 1 fully saturated rings. The van der Waals surface area contributed by atoms with Crippen LogP contribution in [0.4, 0.5) is 0 Å². The fourth-order valence-electron chi connectivity index (χ4n) is 6.38. The van der Waals surface area contributed by atoms with Gasteiger partial charge in [-0.25, -0.2) is 0 Å². The Kier molecular flexibility index (Phi) is 32.7. The fourth-order valence-corrected chi connectivity index (χ4v) is 7.07. The molecule has 0 aromatic carbocycles. The number of rotatable bonds is 36. The molecule has 1 aliphatic heterocycles. The normalized spacial score (nSPS) is 20.8. The quantitative estimate of drug-likeness (QED) is 0.0204. The molecule has 58 heavy (non-hydrogen) atoms. The first kappa shape index (κ1) is 53.6. The van der Waals surface area contributed by atoms with Gasteiger partial charge in [0.1, 0.15) is 36.8 Å². The summed E-state index contributed by atoms with van der Waals surface area (Å²) in [6.07, 6.45) is 31.6. The number of hydrogen-bond acceptors (Lipinski definition) is 11. The third-order valence-electron chi connectivity index (χ3n) is 9.88. The minimum Gasteiger partial charge on any atom is -0.462 e. The van der Waals surface area contributed by atoms with Crippen molar-refractivity contribution in [2.24, 2.45) is 0 Å². The maximum atomic E-state index is 12.8. The molecule has 1 aliphatic rings. The van der Waals surface area contributed by atoms with Crippen molar-refractivity contribution in [3.8, 4) is 0 Å². The second-order valence-electron chi connectivity index (χ2n) is 15.4. The van der Waals surface area contributed by atoms with Crippen molar-refractivity contribution in [1.29, 1.82) is 0 Å². The molecule has 0 aromatic rings. The van der Waals surface area contributed by atoms with Gasteiger partial charge in [0.05, 0.1) is 6.61 Å². The predicted octanol–water partition coefficient (Wildman–Crippen LogP) is 8.78. The van der Waals surface area contributed by atoms with Crippen molar-refractivity contribution in [1.82, 2.24) is 0 Å². The number of aliphatic hydroxyl groups excluding tert-OH is 3. The summed E-state index contributed by atoms with van der Waals surface area (Å²) in [4.78, 5) is 25.4. The van der Waals surface area contributed by atoms with E-state index in [1.807, 2.05) is 0 Å². The SMILES string of the molecule is CCCCC/C=C/C/C=C/CCCCCCCC(=O)OC[C@H](CO[C@H]1O[C@H](CS(=O)(=O)O)[C@@H](O)C(O)C1O)OC(=O)CCCC/C=C/C/C=C/CCCCCCCC. The number of hydrogen-bond donors (Lipinski definition) is 4. The molecule has 0 aliphatic carbocycles. The lowest BCUT2D eigenvalue weighted by Gasteiger charge is -2.40. The van der Waals surface area contributed by atoms with Crippen LogP contribution in [0.2, 0.25) is 0 Å². The monoisotopic (exact) mass is 843 g/mol. The average Bonchev–Trinajstić information content (AvgIpc) is 3.18. The molecule has 13 heteroatoms. The van der Waals surface area contributed by atoms with Gasteiger partial charge in [-0.3, -0.25) is 14.1 Å². The zero-order valence-corrected chi connectivity index (χ0v) is 36.5. The van der Waals surface area contributed by atoms with Crippen LogP contribution in [0.15, 0.2) is 48.6 Å². The van der Waals surface area contributed by atoms with Crippen molar-refractivity contribution in [3.05, 3.63) is 48.6 Å². The third kappa shape index (κ3) is 29.8. The molecule has 1 rings (SSSR count). The highest BCUT2D eigenvalue weighted by atomic mass is 32.2. The molecule has 0 amide bonds. The molecule has 336 valence electrons. The van der Waals surface area contributed by atoms with E-state index < -0.39 is 71.2 Å². The van der Waals surface area contributed by atoms with Gasteiger partial charge in [-0.2, -0.15) is 8.42 Å².